The third-order valence-electron chi connectivity index (χ3n) is 3.45. The zero-order valence-electron chi connectivity index (χ0n) is 12.6. The van der Waals surface area contributed by atoms with E-state index in [1.165, 1.54) is 6.08 Å². The molecule has 0 unspecified atom stereocenters. The maximum absolute atomic E-state index is 12.2. The summed E-state index contributed by atoms with van der Waals surface area (Å²) < 4.78 is 10.5. The summed E-state index contributed by atoms with van der Waals surface area (Å²) in [7, 11) is 0. The molecule has 0 fully saturated rings. The van der Waals surface area contributed by atoms with Crippen LogP contribution in [0.3, 0.4) is 0 Å². The van der Waals surface area contributed by atoms with E-state index < -0.39 is 5.91 Å². The van der Waals surface area contributed by atoms with Gasteiger partial charge in [-0.25, -0.2) is 0 Å². The second-order valence-corrected chi connectivity index (χ2v) is 5.47. The Morgan fingerprint density at radius 3 is 2.67 bits per heavy atom. The van der Waals surface area contributed by atoms with E-state index in [0.29, 0.717) is 28.6 Å². The number of nitriles is 1. The molecule has 6 heteroatoms. The summed E-state index contributed by atoms with van der Waals surface area (Å²) in [6, 6.07) is 14.6. The molecule has 0 saturated heterocycles. The van der Waals surface area contributed by atoms with Crippen LogP contribution in [0.2, 0.25) is 5.02 Å². The van der Waals surface area contributed by atoms with Crippen molar-refractivity contribution in [3.8, 4) is 17.6 Å². The van der Waals surface area contributed by atoms with Gasteiger partial charge < -0.3 is 14.8 Å². The standard InChI is InChI=1S/C18H13ClN2O3/c19-15-8-17-16(23-11-24-17)7-13(15)6-14(9-20)18(22)21-10-12-4-2-1-3-5-12/h1-8H,10-11H2,(H,21,22)/b14-6-. The zero-order chi connectivity index (χ0) is 16.9. The van der Waals surface area contributed by atoms with Crippen molar-refractivity contribution in [2.75, 3.05) is 6.79 Å². The first kappa shape index (κ1) is 15.9. The van der Waals surface area contributed by atoms with Crippen molar-refractivity contribution in [1.29, 1.82) is 5.26 Å². The molecule has 0 saturated carbocycles. The molecule has 120 valence electrons. The van der Waals surface area contributed by atoms with Crippen molar-refractivity contribution in [1.82, 2.24) is 5.32 Å². The summed E-state index contributed by atoms with van der Waals surface area (Å²) in [5, 5.41) is 12.4. The lowest BCUT2D eigenvalue weighted by Crippen LogP contribution is -2.23. The lowest BCUT2D eigenvalue weighted by Gasteiger charge is -2.05. The van der Waals surface area contributed by atoms with Gasteiger partial charge in [0.25, 0.3) is 5.91 Å². The fraction of sp³-hybridized carbons (Fsp3) is 0.111. The Hall–Kier alpha value is -2.97. The fourth-order valence-electron chi connectivity index (χ4n) is 2.22. The molecular formula is C18H13ClN2O3. The fourth-order valence-corrected chi connectivity index (χ4v) is 2.43. The summed E-state index contributed by atoms with van der Waals surface area (Å²) >= 11 is 6.17. The van der Waals surface area contributed by atoms with Crippen molar-refractivity contribution < 1.29 is 14.3 Å². The number of amides is 1. The Labute approximate surface area is 144 Å². The summed E-state index contributed by atoms with van der Waals surface area (Å²) in [5.41, 5.74) is 1.43. The van der Waals surface area contributed by atoms with Gasteiger partial charge in [0.1, 0.15) is 11.6 Å². The molecule has 0 radical (unpaired) electrons. The van der Waals surface area contributed by atoms with Gasteiger partial charge in [0.15, 0.2) is 11.5 Å². The minimum atomic E-state index is -0.463. The van der Waals surface area contributed by atoms with E-state index in [0.717, 1.165) is 5.56 Å². The Morgan fingerprint density at radius 2 is 1.96 bits per heavy atom. The summed E-state index contributed by atoms with van der Waals surface area (Å²) in [6.45, 7) is 0.467. The van der Waals surface area contributed by atoms with Gasteiger partial charge in [-0.2, -0.15) is 5.26 Å². The molecule has 1 amide bonds. The van der Waals surface area contributed by atoms with E-state index in [1.54, 1.807) is 12.1 Å². The molecule has 24 heavy (non-hydrogen) atoms. The number of nitrogens with one attached hydrogen (secondary N) is 1. The summed E-state index contributed by atoms with van der Waals surface area (Å²) in [4.78, 5) is 12.2. The number of halogens is 1. The molecule has 0 aromatic heterocycles. The molecule has 1 aliphatic heterocycles. The van der Waals surface area contributed by atoms with Crippen LogP contribution in [-0.4, -0.2) is 12.7 Å². The molecule has 1 heterocycles. The highest BCUT2D eigenvalue weighted by Gasteiger charge is 2.17. The number of hydrogen-bond donors (Lipinski definition) is 1. The molecule has 2 aromatic carbocycles. The number of benzene rings is 2. The Bertz CT molecular complexity index is 841. The van der Waals surface area contributed by atoms with Crippen LogP contribution in [0, 0.1) is 11.3 Å². The van der Waals surface area contributed by atoms with Gasteiger partial charge in [0.05, 0.1) is 5.02 Å². The van der Waals surface area contributed by atoms with Gasteiger partial charge >= 0.3 is 0 Å². The molecule has 1 aliphatic rings. The SMILES string of the molecule is N#C/C(=C/c1cc2c(cc1Cl)OCO2)C(=O)NCc1ccccc1. The van der Waals surface area contributed by atoms with Gasteiger partial charge in [0, 0.05) is 12.6 Å². The van der Waals surface area contributed by atoms with Crippen LogP contribution in [-0.2, 0) is 11.3 Å². The third-order valence-corrected chi connectivity index (χ3v) is 3.78. The summed E-state index contributed by atoms with van der Waals surface area (Å²) in [6.07, 6.45) is 1.44. The van der Waals surface area contributed by atoms with Crippen LogP contribution >= 0.6 is 11.6 Å². The lowest BCUT2D eigenvalue weighted by molar-refractivity contribution is -0.117. The van der Waals surface area contributed by atoms with E-state index in [9.17, 15) is 10.1 Å². The highest BCUT2D eigenvalue weighted by Crippen LogP contribution is 2.37. The van der Waals surface area contributed by atoms with Crippen LogP contribution in [0.1, 0.15) is 11.1 Å². The second-order valence-electron chi connectivity index (χ2n) is 5.07. The number of carbonyl (C=O) groups excluding carboxylic acids is 1. The average molecular weight is 341 g/mol. The second kappa shape index (κ2) is 7.07. The van der Waals surface area contributed by atoms with E-state index in [2.05, 4.69) is 5.32 Å². The number of fused-ring (bicyclic) bond motifs is 1. The predicted molar refractivity (Wildman–Crippen MR) is 89.5 cm³/mol. The molecule has 2 aromatic rings. The average Bonchev–Trinajstić information content (AvgIpc) is 3.05. The maximum Gasteiger partial charge on any atom is 0.262 e. The largest absolute Gasteiger partial charge is 0.454 e. The highest BCUT2D eigenvalue weighted by atomic mass is 35.5. The number of carbonyl (C=O) groups is 1. The minimum absolute atomic E-state index is 0.0355. The third kappa shape index (κ3) is 3.50. The summed E-state index contributed by atoms with van der Waals surface area (Å²) in [5.74, 6) is 0.618. The monoisotopic (exact) mass is 340 g/mol. The molecule has 0 atom stereocenters. The van der Waals surface area contributed by atoms with Crippen molar-refractivity contribution in [2.45, 2.75) is 6.54 Å². The Balaban J connectivity index is 1.77. The van der Waals surface area contributed by atoms with Crippen LogP contribution in [0.25, 0.3) is 6.08 Å². The van der Waals surface area contributed by atoms with E-state index >= 15 is 0 Å². The number of ether oxygens (including phenoxy) is 2. The first-order valence-electron chi connectivity index (χ1n) is 7.20. The molecular weight excluding hydrogens is 328 g/mol. The van der Waals surface area contributed by atoms with Crippen LogP contribution < -0.4 is 14.8 Å². The molecule has 1 N–H and O–H groups in total. The zero-order valence-corrected chi connectivity index (χ0v) is 13.3. The van der Waals surface area contributed by atoms with E-state index in [-0.39, 0.29) is 12.4 Å². The van der Waals surface area contributed by atoms with Crippen molar-refractivity contribution in [3.05, 3.63) is 64.2 Å². The van der Waals surface area contributed by atoms with Crippen molar-refractivity contribution in [2.24, 2.45) is 0 Å². The minimum Gasteiger partial charge on any atom is -0.454 e. The maximum atomic E-state index is 12.2. The number of rotatable bonds is 4. The number of hydrogen-bond acceptors (Lipinski definition) is 4. The van der Waals surface area contributed by atoms with Gasteiger partial charge in [-0.15, -0.1) is 0 Å². The van der Waals surface area contributed by atoms with E-state index in [4.69, 9.17) is 21.1 Å². The molecule has 0 spiro atoms. The first-order chi connectivity index (χ1) is 11.7. The normalized spacial score (nSPS) is 12.6. The van der Waals surface area contributed by atoms with Crippen molar-refractivity contribution in [3.63, 3.8) is 0 Å². The smallest absolute Gasteiger partial charge is 0.262 e. The Morgan fingerprint density at radius 1 is 1.25 bits per heavy atom. The van der Waals surface area contributed by atoms with Crippen molar-refractivity contribution >= 4 is 23.6 Å². The Kier molecular flexibility index (Phi) is 4.69. The lowest BCUT2D eigenvalue weighted by atomic mass is 10.1. The topological polar surface area (TPSA) is 71.3 Å². The van der Waals surface area contributed by atoms with Gasteiger partial charge in [0.2, 0.25) is 6.79 Å². The quantitative estimate of drug-likeness (QED) is 0.684. The molecule has 0 bridgehead atoms. The molecule has 3 rings (SSSR count). The first-order valence-corrected chi connectivity index (χ1v) is 7.58. The van der Waals surface area contributed by atoms with Gasteiger partial charge in [-0.1, -0.05) is 41.9 Å². The number of nitrogens with zero attached hydrogens (tertiary/aromatic N) is 1. The van der Waals surface area contributed by atoms with E-state index in [1.807, 2.05) is 36.4 Å². The highest BCUT2D eigenvalue weighted by molar-refractivity contribution is 6.32. The predicted octanol–water partition coefficient (Wildman–Crippen LogP) is 3.29. The van der Waals surface area contributed by atoms with Gasteiger partial charge in [-0.3, -0.25) is 4.79 Å². The van der Waals surface area contributed by atoms with Crippen LogP contribution in [0.5, 0.6) is 11.5 Å². The molecule has 0 aliphatic carbocycles. The van der Waals surface area contributed by atoms with Crippen LogP contribution in [0.4, 0.5) is 0 Å². The molecule has 5 nitrogen and oxygen atoms in total. The van der Waals surface area contributed by atoms with Gasteiger partial charge in [-0.05, 0) is 23.3 Å². The van der Waals surface area contributed by atoms with Crippen LogP contribution in [0.15, 0.2) is 48.0 Å².